The minimum absolute atomic E-state index is 0.0384. The van der Waals surface area contributed by atoms with Crippen LogP contribution < -0.4 is 4.90 Å². The lowest BCUT2D eigenvalue weighted by molar-refractivity contribution is -0.138. The van der Waals surface area contributed by atoms with Crippen molar-refractivity contribution in [1.29, 1.82) is 0 Å². The van der Waals surface area contributed by atoms with Crippen molar-refractivity contribution in [2.45, 2.75) is 13.1 Å². The predicted octanol–water partition coefficient (Wildman–Crippen LogP) is 3.64. The molecule has 0 aliphatic carbocycles. The maximum Gasteiger partial charge on any atom is 0.417 e. The Kier molecular flexibility index (Phi) is 4.49. The number of ketones is 1. The standard InChI is InChI=1S/C19H16F3N3O2S/c1-11(26)16-6-23-18(28-16)25-9-12-7-24(8-13(12)10-25)17(27)14-4-2-3-5-15(14)19(20,21)22/h2-6H,7-10H2,1H3. The lowest BCUT2D eigenvalue weighted by Crippen LogP contribution is -2.35. The van der Waals surface area contributed by atoms with Gasteiger partial charge in [-0.2, -0.15) is 13.2 Å². The molecule has 0 radical (unpaired) electrons. The van der Waals surface area contributed by atoms with E-state index in [2.05, 4.69) is 4.98 Å². The van der Waals surface area contributed by atoms with E-state index in [1.165, 1.54) is 41.4 Å². The molecule has 2 aliphatic heterocycles. The fraction of sp³-hybridized carbons (Fsp3) is 0.316. The lowest BCUT2D eigenvalue weighted by atomic mass is 10.1. The number of halogens is 3. The molecule has 0 N–H and O–H groups in total. The summed E-state index contributed by atoms with van der Waals surface area (Å²) in [5.41, 5.74) is 0.821. The first kappa shape index (κ1) is 18.7. The molecule has 1 aromatic carbocycles. The molecule has 1 aromatic heterocycles. The van der Waals surface area contributed by atoms with Crippen LogP contribution in [-0.2, 0) is 6.18 Å². The minimum atomic E-state index is -4.57. The van der Waals surface area contributed by atoms with Crippen molar-refractivity contribution >= 4 is 28.2 Å². The Morgan fingerprint density at radius 2 is 1.71 bits per heavy atom. The number of anilines is 1. The number of hydrogen-bond acceptors (Lipinski definition) is 5. The van der Waals surface area contributed by atoms with Crippen LogP contribution in [0.25, 0.3) is 0 Å². The van der Waals surface area contributed by atoms with Gasteiger partial charge in [-0.1, -0.05) is 23.5 Å². The first-order valence-corrected chi connectivity index (χ1v) is 9.42. The van der Waals surface area contributed by atoms with Crippen LogP contribution in [-0.4, -0.2) is 47.8 Å². The van der Waals surface area contributed by atoms with Gasteiger partial charge in [0.15, 0.2) is 10.9 Å². The number of nitrogens with zero attached hydrogens (tertiary/aromatic N) is 3. The molecular weight excluding hydrogens is 391 g/mol. The van der Waals surface area contributed by atoms with Gasteiger partial charge in [0.2, 0.25) is 0 Å². The predicted molar refractivity (Wildman–Crippen MR) is 98.7 cm³/mol. The van der Waals surface area contributed by atoms with Gasteiger partial charge in [-0.15, -0.1) is 0 Å². The second-order valence-corrected chi connectivity index (χ2v) is 7.84. The second kappa shape index (κ2) is 6.73. The number of carbonyl (C=O) groups excluding carboxylic acids is 2. The molecule has 0 atom stereocenters. The van der Waals surface area contributed by atoms with Gasteiger partial charge >= 0.3 is 6.18 Å². The minimum Gasteiger partial charge on any atom is -0.340 e. The average Bonchev–Trinajstić information content (AvgIpc) is 3.34. The van der Waals surface area contributed by atoms with E-state index in [1.54, 1.807) is 6.20 Å². The molecule has 5 nitrogen and oxygen atoms in total. The van der Waals surface area contributed by atoms with Crippen LogP contribution in [0, 0.1) is 0 Å². The normalized spacial score (nSPS) is 16.7. The number of benzene rings is 1. The molecule has 0 saturated heterocycles. The van der Waals surface area contributed by atoms with E-state index in [0.29, 0.717) is 31.1 Å². The molecule has 1 amide bonds. The molecule has 0 spiro atoms. The quantitative estimate of drug-likeness (QED) is 0.576. The summed E-state index contributed by atoms with van der Waals surface area (Å²) in [6.45, 7) is 3.22. The van der Waals surface area contributed by atoms with E-state index in [-0.39, 0.29) is 11.3 Å². The third-order valence-corrected chi connectivity index (χ3v) is 6.05. The van der Waals surface area contributed by atoms with E-state index in [0.717, 1.165) is 22.3 Å². The Morgan fingerprint density at radius 1 is 1.07 bits per heavy atom. The summed E-state index contributed by atoms with van der Waals surface area (Å²) in [5, 5.41) is 0.736. The molecule has 0 saturated carbocycles. The number of hydrogen-bond donors (Lipinski definition) is 0. The van der Waals surface area contributed by atoms with Crippen LogP contribution >= 0.6 is 11.3 Å². The topological polar surface area (TPSA) is 53.5 Å². The summed E-state index contributed by atoms with van der Waals surface area (Å²) in [6, 6.07) is 4.88. The van der Waals surface area contributed by atoms with Crippen LogP contribution in [0.1, 0.15) is 32.5 Å². The molecule has 2 aliphatic rings. The largest absolute Gasteiger partial charge is 0.417 e. The zero-order valence-electron chi connectivity index (χ0n) is 14.9. The van der Waals surface area contributed by atoms with Crippen LogP contribution in [0.5, 0.6) is 0 Å². The highest BCUT2D eigenvalue weighted by Crippen LogP contribution is 2.35. The van der Waals surface area contributed by atoms with Crippen molar-refractivity contribution in [3.63, 3.8) is 0 Å². The molecule has 3 heterocycles. The zero-order chi connectivity index (χ0) is 20.1. The van der Waals surface area contributed by atoms with Gasteiger partial charge in [0.25, 0.3) is 5.91 Å². The number of alkyl halides is 3. The number of Topliss-reactive ketones (excluding diaryl/α,β-unsaturated/α-hetero) is 1. The maximum absolute atomic E-state index is 13.2. The zero-order valence-corrected chi connectivity index (χ0v) is 15.7. The van der Waals surface area contributed by atoms with Crippen molar-refractivity contribution in [1.82, 2.24) is 9.88 Å². The number of aromatic nitrogens is 1. The molecule has 2 aromatic rings. The first-order valence-electron chi connectivity index (χ1n) is 8.61. The number of carbonyl (C=O) groups is 2. The third-order valence-electron chi connectivity index (χ3n) is 4.89. The van der Waals surface area contributed by atoms with Crippen LogP contribution in [0.2, 0.25) is 0 Å². The van der Waals surface area contributed by atoms with Crippen molar-refractivity contribution in [3.8, 4) is 0 Å². The SMILES string of the molecule is CC(=O)c1cnc(N2CC3=C(CN(C(=O)c4ccccc4C(F)(F)F)C3)C2)s1. The summed E-state index contributed by atoms with van der Waals surface area (Å²) in [6.07, 6.45) is -3.02. The number of amides is 1. The van der Waals surface area contributed by atoms with Crippen molar-refractivity contribution in [2.24, 2.45) is 0 Å². The Balaban J connectivity index is 1.46. The van der Waals surface area contributed by atoms with Crippen LogP contribution in [0.4, 0.5) is 18.3 Å². The molecule has 146 valence electrons. The van der Waals surface area contributed by atoms with E-state index >= 15 is 0 Å². The second-order valence-electron chi connectivity index (χ2n) is 6.83. The van der Waals surface area contributed by atoms with Gasteiger partial charge in [0.1, 0.15) is 0 Å². The Labute approximate surface area is 163 Å². The van der Waals surface area contributed by atoms with Crippen molar-refractivity contribution < 1.29 is 22.8 Å². The summed E-state index contributed by atoms with van der Waals surface area (Å²) in [4.78, 5) is 32.5. The highest BCUT2D eigenvalue weighted by atomic mass is 32.1. The molecular formula is C19H16F3N3O2S. The van der Waals surface area contributed by atoms with Crippen molar-refractivity contribution in [3.05, 3.63) is 57.6 Å². The molecule has 0 unspecified atom stereocenters. The van der Waals surface area contributed by atoms with Gasteiger partial charge in [-0.05, 0) is 23.3 Å². The smallest absolute Gasteiger partial charge is 0.340 e. The highest BCUT2D eigenvalue weighted by Gasteiger charge is 2.38. The molecule has 28 heavy (non-hydrogen) atoms. The highest BCUT2D eigenvalue weighted by molar-refractivity contribution is 7.17. The monoisotopic (exact) mass is 407 g/mol. The Hall–Kier alpha value is -2.68. The Bertz CT molecular complexity index is 978. The van der Waals surface area contributed by atoms with Gasteiger partial charge in [0.05, 0.1) is 22.2 Å². The number of thiazole rings is 1. The van der Waals surface area contributed by atoms with Crippen LogP contribution in [0.3, 0.4) is 0 Å². The summed E-state index contributed by atoms with van der Waals surface area (Å²) in [5.74, 6) is -0.648. The van der Waals surface area contributed by atoms with E-state index < -0.39 is 17.6 Å². The van der Waals surface area contributed by atoms with E-state index in [9.17, 15) is 22.8 Å². The summed E-state index contributed by atoms with van der Waals surface area (Å²) < 4.78 is 39.6. The maximum atomic E-state index is 13.2. The van der Waals surface area contributed by atoms with Gasteiger partial charge in [-0.3, -0.25) is 9.59 Å². The third kappa shape index (κ3) is 3.30. The van der Waals surface area contributed by atoms with Crippen LogP contribution in [0.15, 0.2) is 41.6 Å². The van der Waals surface area contributed by atoms with Crippen molar-refractivity contribution in [2.75, 3.05) is 31.1 Å². The molecule has 9 heteroatoms. The number of rotatable bonds is 3. The fourth-order valence-electron chi connectivity index (χ4n) is 3.52. The average molecular weight is 407 g/mol. The fourth-order valence-corrected chi connectivity index (χ4v) is 4.33. The summed E-state index contributed by atoms with van der Waals surface area (Å²) >= 11 is 1.32. The first-order chi connectivity index (χ1) is 13.2. The van der Waals surface area contributed by atoms with E-state index in [1.807, 2.05) is 4.90 Å². The Morgan fingerprint density at radius 3 is 2.29 bits per heavy atom. The molecule has 0 bridgehead atoms. The van der Waals surface area contributed by atoms with Gasteiger partial charge < -0.3 is 9.80 Å². The molecule has 4 rings (SSSR count). The summed E-state index contributed by atoms with van der Waals surface area (Å²) in [7, 11) is 0. The van der Waals surface area contributed by atoms with Gasteiger partial charge in [0, 0.05) is 33.1 Å². The lowest BCUT2D eigenvalue weighted by Gasteiger charge is -2.23. The molecule has 0 fully saturated rings. The van der Waals surface area contributed by atoms with E-state index in [4.69, 9.17) is 0 Å². The van der Waals surface area contributed by atoms with Gasteiger partial charge in [-0.25, -0.2) is 4.98 Å².